The van der Waals surface area contributed by atoms with Gasteiger partial charge >= 0.3 is 9.28 Å². The second kappa shape index (κ2) is 6.00. The van der Waals surface area contributed by atoms with Gasteiger partial charge in [-0.2, -0.15) is 0 Å². The molecule has 0 heterocycles. The summed E-state index contributed by atoms with van der Waals surface area (Å²) in [6.45, 7) is 3.61. The van der Waals surface area contributed by atoms with Gasteiger partial charge in [-0.1, -0.05) is 6.08 Å². The molecule has 54 valence electrons. The fourth-order valence-corrected chi connectivity index (χ4v) is 1.76. The van der Waals surface area contributed by atoms with Crippen LogP contribution in [0.3, 0.4) is 0 Å². The minimum Gasteiger partial charge on any atom is -0.400 e. The number of hydrogen-bond donors (Lipinski definition) is 0. The molecule has 9 heavy (non-hydrogen) atoms. The Bertz CT molecular complexity index is 71.5. The smallest absolute Gasteiger partial charge is 0.321 e. The second-order valence-electron chi connectivity index (χ2n) is 1.77. The third kappa shape index (κ3) is 4.38. The monoisotopic (exact) mass is 146 g/mol. The normalized spacial score (nSPS) is 10.1. The zero-order valence-electron chi connectivity index (χ0n) is 6.09. The van der Waals surface area contributed by atoms with E-state index in [1.54, 1.807) is 14.2 Å². The molecule has 0 radical (unpaired) electrons. The number of rotatable bonds is 5. The lowest BCUT2D eigenvalue weighted by Crippen LogP contribution is -2.17. The first-order chi connectivity index (χ1) is 4.35. The van der Waals surface area contributed by atoms with Crippen molar-refractivity contribution in [3.8, 4) is 0 Å². The summed E-state index contributed by atoms with van der Waals surface area (Å²) in [5.41, 5.74) is 0. The van der Waals surface area contributed by atoms with Crippen LogP contribution < -0.4 is 0 Å². The minimum atomic E-state index is -1.28. The summed E-state index contributed by atoms with van der Waals surface area (Å²) >= 11 is 0. The van der Waals surface area contributed by atoms with Crippen LogP contribution in [0.25, 0.3) is 0 Å². The van der Waals surface area contributed by atoms with E-state index in [1.165, 1.54) is 0 Å². The summed E-state index contributed by atoms with van der Waals surface area (Å²) in [5.74, 6) is 0. The highest BCUT2D eigenvalue weighted by molar-refractivity contribution is 6.44. The molecule has 0 aliphatic rings. The summed E-state index contributed by atoms with van der Waals surface area (Å²) in [6, 6.07) is 1.02. The number of hydrogen-bond acceptors (Lipinski definition) is 2. The standard InChI is InChI=1S/C6H14O2Si/c1-4-5-6-9(7-2)8-3/h4,9H,1,5-6H2,2-3H3. The lowest BCUT2D eigenvalue weighted by Gasteiger charge is -2.07. The minimum absolute atomic E-state index is 0.999. The van der Waals surface area contributed by atoms with Crippen molar-refractivity contribution >= 4 is 9.28 Å². The van der Waals surface area contributed by atoms with E-state index in [-0.39, 0.29) is 0 Å². The molecular formula is C6H14O2Si. The molecule has 0 amide bonds. The number of allylic oxidation sites excluding steroid dienone is 1. The van der Waals surface area contributed by atoms with Gasteiger partial charge in [0.25, 0.3) is 0 Å². The molecule has 0 rings (SSSR count). The lowest BCUT2D eigenvalue weighted by molar-refractivity contribution is 0.278. The predicted molar refractivity (Wildman–Crippen MR) is 40.8 cm³/mol. The third-order valence-electron chi connectivity index (χ3n) is 1.13. The average molecular weight is 146 g/mol. The maximum Gasteiger partial charge on any atom is 0.321 e. The van der Waals surface area contributed by atoms with Gasteiger partial charge in [0, 0.05) is 14.2 Å². The van der Waals surface area contributed by atoms with E-state index in [9.17, 15) is 0 Å². The summed E-state index contributed by atoms with van der Waals surface area (Å²) < 4.78 is 10.1. The Kier molecular flexibility index (Phi) is 5.92. The van der Waals surface area contributed by atoms with Crippen molar-refractivity contribution in [3.63, 3.8) is 0 Å². The molecule has 0 fully saturated rings. The Balaban J connectivity index is 3.19. The quantitative estimate of drug-likeness (QED) is 0.427. The Hall–Kier alpha value is -0.123. The summed E-state index contributed by atoms with van der Waals surface area (Å²) in [7, 11) is 2.11. The maximum absolute atomic E-state index is 5.07. The highest BCUT2D eigenvalue weighted by atomic mass is 28.3. The molecule has 0 bridgehead atoms. The van der Waals surface area contributed by atoms with Crippen LogP contribution in [0.1, 0.15) is 6.42 Å². The van der Waals surface area contributed by atoms with Crippen LogP contribution in [0.15, 0.2) is 12.7 Å². The molecule has 3 heteroatoms. The molecule has 0 aliphatic carbocycles. The van der Waals surface area contributed by atoms with E-state index in [0.717, 1.165) is 12.5 Å². The van der Waals surface area contributed by atoms with E-state index in [2.05, 4.69) is 6.58 Å². The zero-order valence-corrected chi connectivity index (χ0v) is 7.25. The molecule has 0 saturated heterocycles. The zero-order chi connectivity index (χ0) is 7.11. The van der Waals surface area contributed by atoms with Crippen LogP contribution in [-0.4, -0.2) is 23.5 Å². The van der Waals surface area contributed by atoms with Gasteiger partial charge in [-0.15, -0.1) is 6.58 Å². The van der Waals surface area contributed by atoms with Gasteiger partial charge in [0.1, 0.15) is 0 Å². The molecule has 0 saturated carbocycles. The molecule has 0 N–H and O–H groups in total. The Morgan fingerprint density at radius 1 is 1.44 bits per heavy atom. The fraction of sp³-hybridized carbons (Fsp3) is 0.667. The van der Waals surface area contributed by atoms with E-state index in [4.69, 9.17) is 8.85 Å². The van der Waals surface area contributed by atoms with Crippen LogP contribution in [0.2, 0.25) is 6.04 Å². The average Bonchev–Trinajstić information content (AvgIpc) is 1.91. The predicted octanol–water partition coefficient (Wildman–Crippen LogP) is 1.08. The molecule has 0 unspecified atom stereocenters. The van der Waals surface area contributed by atoms with Gasteiger partial charge < -0.3 is 8.85 Å². The van der Waals surface area contributed by atoms with E-state index < -0.39 is 9.28 Å². The van der Waals surface area contributed by atoms with E-state index in [0.29, 0.717) is 0 Å². The Morgan fingerprint density at radius 2 is 2.00 bits per heavy atom. The van der Waals surface area contributed by atoms with Crippen molar-refractivity contribution in [2.45, 2.75) is 12.5 Å². The van der Waals surface area contributed by atoms with Crippen molar-refractivity contribution < 1.29 is 8.85 Å². The second-order valence-corrected chi connectivity index (χ2v) is 4.15. The van der Waals surface area contributed by atoms with Crippen LogP contribution in [0.4, 0.5) is 0 Å². The molecule has 0 aromatic rings. The van der Waals surface area contributed by atoms with E-state index >= 15 is 0 Å². The first-order valence-corrected chi connectivity index (χ1v) is 4.77. The third-order valence-corrected chi connectivity index (χ3v) is 2.99. The summed E-state index contributed by atoms with van der Waals surface area (Å²) in [4.78, 5) is 0. The van der Waals surface area contributed by atoms with Crippen molar-refractivity contribution in [1.29, 1.82) is 0 Å². The molecule has 0 spiro atoms. The SMILES string of the molecule is C=CCC[SiH](OC)OC. The Morgan fingerprint density at radius 3 is 2.33 bits per heavy atom. The lowest BCUT2D eigenvalue weighted by atomic mass is 10.5. The van der Waals surface area contributed by atoms with Gasteiger partial charge in [-0.25, -0.2) is 0 Å². The van der Waals surface area contributed by atoms with Crippen molar-refractivity contribution in [2.24, 2.45) is 0 Å². The molecule has 0 aliphatic heterocycles. The van der Waals surface area contributed by atoms with Crippen LogP contribution in [-0.2, 0) is 8.85 Å². The topological polar surface area (TPSA) is 18.5 Å². The molecule has 2 nitrogen and oxygen atoms in total. The summed E-state index contributed by atoms with van der Waals surface area (Å²) in [5, 5.41) is 0. The Labute approximate surface area is 58.3 Å². The van der Waals surface area contributed by atoms with Crippen LogP contribution in [0.5, 0.6) is 0 Å². The highest BCUT2D eigenvalue weighted by Gasteiger charge is 2.05. The van der Waals surface area contributed by atoms with Gasteiger partial charge in [0.2, 0.25) is 0 Å². The molecule has 0 aromatic carbocycles. The first kappa shape index (κ1) is 8.88. The van der Waals surface area contributed by atoms with Crippen molar-refractivity contribution in [2.75, 3.05) is 14.2 Å². The van der Waals surface area contributed by atoms with Gasteiger partial charge in [-0.3, -0.25) is 0 Å². The van der Waals surface area contributed by atoms with Crippen LogP contribution >= 0.6 is 0 Å². The first-order valence-electron chi connectivity index (χ1n) is 3.01. The van der Waals surface area contributed by atoms with Gasteiger partial charge in [0.15, 0.2) is 0 Å². The molecule has 0 aromatic heterocycles. The van der Waals surface area contributed by atoms with Crippen molar-refractivity contribution in [3.05, 3.63) is 12.7 Å². The molecular weight excluding hydrogens is 132 g/mol. The molecule has 0 atom stereocenters. The highest BCUT2D eigenvalue weighted by Crippen LogP contribution is 1.98. The largest absolute Gasteiger partial charge is 0.400 e. The maximum atomic E-state index is 5.07. The van der Waals surface area contributed by atoms with Gasteiger partial charge in [-0.05, 0) is 12.5 Å². The summed E-state index contributed by atoms with van der Waals surface area (Å²) in [6.07, 6.45) is 2.89. The van der Waals surface area contributed by atoms with E-state index in [1.807, 2.05) is 6.08 Å². The van der Waals surface area contributed by atoms with Crippen LogP contribution in [0, 0.1) is 0 Å². The van der Waals surface area contributed by atoms with Gasteiger partial charge in [0.05, 0.1) is 0 Å². The van der Waals surface area contributed by atoms with Crippen molar-refractivity contribution in [1.82, 2.24) is 0 Å². The fourth-order valence-electron chi connectivity index (χ4n) is 0.586.